The van der Waals surface area contributed by atoms with Gasteiger partial charge in [-0.05, 0) is 56.4 Å². The van der Waals surface area contributed by atoms with Crippen molar-refractivity contribution in [3.05, 3.63) is 0 Å². The Balaban J connectivity index is 1.55. The molecule has 2 bridgehead atoms. The number of aliphatic carboxylic acids is 1. The summed E-state index contributed by atoms with van der Waals surface area (Å²) in [7, 11) is 0. The van der Waals surface area contributed by atoms with E-state index in [0.29, 0.717) is 11.8 Å². The fourth-order valence-electron chi connectivity index (χ4n) is 4.81. The summed E-state index contributed by atoms with van der Waals surface area (Å²) < 4.78 is 0. The highest BCUT2D eigenvalue weighted by Gasteiger charge is 2.50. The third-order valence-corrected chi connectivity index (χ3v) is 5.82. The van der Waals surface area contributed by atoms with E-state index >= 15 is 0 Å². The zero-order valence-electron chi connectivity index (χ0n) is 11.8. The molecule has 0 aromatic rings. The van der Waals surface area contributed by atoms with Crippen molar-refractivity contribution in [2.24, 2.45) is 23.7 Å². The quantitative estimate of drug-likeness (QED) is 0.768. The second-order valence-corrected chi connectivity index (χ2v) is 6.99. The van der Waals surface area contributed by atoms with Crippen molar-refractivity contribution in [1.82, 2.24) is 5.32 Å². The van der Waals surface area contributed by atoms with Crippen LogP contribution in [0.4, 0.5) is 0 Å². The van der Waals surface area contributed by atoms with Crippen LogP contribution in [0.5, 0.6) is 0 Å². The predicted molar refractivity (Wildman–Crippen MR) is 74.9 cm³/mol. The van der Waals surface area contributed by atoms with Crippen LogP contribution in [0, 0.1) is 23.7 Å². The minimum atomic E-state index is -0.564. The van der Waals surface area contributed by atoms with Gasteiger partial charge in [0.2, 0.25) is 0 Å². The molecule has 4 atom stereocenters. The number of hydrogen-bond acceptors (Lipinski definition) is 2. The van der Waals surface area contributed by atoms with Crippen molar-refractivity contribution >= 4 is 5.97 Å². The fraction of sp³-hybridized carbons (Fsp3) is 0.938. The van der Waals surface area contributed by atoms with Crippen molar-refractivity contribution in [3.8, 4) is 0 Å². The molecule has 0 aliphatic heterocycles. The number of carboxylic acids is 1. The first-order chi connectivity index (χ1) is 9.25. The van der Waals surface area contributed by atoms with Gasteiger partial charge in [0.25, 0.3) is 0 Å². The maximum absolute atomic E-state index is 11.5. The minimum Gasteiger partial charge on any atom is -0.481 e. The first kappa shape index (κ1) is 13.4. The molecule has 3 saturated carbocycles. The summed E-state index contributed by atoms with van der Waals surface area (Å²) in [6, 6.07) is 0.263. The highest BCUT2D eigenvalue weighted by atomic mass is 16.4. The van der Waals surface area contributed by atoms with Crippen LogP contribution in [-0.2, 0) is 4.79 Å². The summed E-state index contributed by atoms with van der Waals surface area (Å²) in [5.74, 6) is 1.21. The molecule has 0 amide bonds. The van der Waals surface area contributed by atoms with E-state index in [0.717, 1.165) is 25.3 Å². The number of rotatable bonds is 4. The van der Waals surface area contributed by atoms with E-state index in [-0.39, 0.29) is 12.0 Å². The molecule has 3 heteroatoms. The average molecular weight is 265 g/mol. The smallest absolute Gasteiger partial charge is 0.308 e. The summed E-state index contributed by atoms with van der Waals surface area (Å²) in [6.45, 7) is 1.05. The lowest BCUT2D eigenvalue weighted by Gasteiger charge is -2.30. The first-order valence-corrected chi connectivity index (χ1v) is 8.22. The molecule has 0 spiro atoms. The Kier molecular flexibility index (Phi) is 4.11. The Labute approximate surface area is 116 Å². The van der Waals surface area contributed by atoms with Crippen molar-refractivity contribution in [3.63, 3.8) is 0 Å². The van der Waals surface area contributed by atoms with Crippen molar-refractivity contribution in [2.45, 2.75) is 63.8 Å². The van der Waals surface area contributed by atoms with Gasteiger partial charge in [-0.15, -0.1) is 0 Å². The molecule has 0 saturated heterocycles. The van der Waals surface area contributed by atoms with Crippen LogP contribution in [0.2, 0.25) is 0 Å². The molecule has 4 unspecified atom stereocenters. The van der Waals surface area contributed by atoms with Gasteiger partial charge in [-0.1, -0.05) is 25.7 Å². The monoisotopic (exact) mass is 265 g/mol. The van der Waals surface area contributed by atoms with Crippen LogP contribution in [0.1, 0.15) is 57.8 Å². The van der Waals surface area contributed by atoms with E-state index in [9.17, 15) is 9.90 Å². The van der Waals surface area contributed by atoms with Crippen LogP contribution in [0.15, 0.2) is 0 Å². The van der Waals surface area contributed by atoms with Gasteiger partial charge in [0.05, 0.1) is 5.92 Å². The third-order valence-electron chi connectivity index (χ3n) is 5.82. The van der Waals surface area contributed by atoms with E-state index in [4.69, 9.17) is 0 Å². The average Bonchev–Trinajstić information content (AvgIpc) is 2.89. The normalized spacial score (nSPS) is 39.4. The van der Waals surface area contributed by atoms with Gasteiger partial charge in [0, 0.05) is 6.04 Å². The maximum atomic E-state index is 11.5. The van der Waals surface area contributed by atoms with Crippen molar-refractivity contribution < 1.29 is 9.90 Å². The van der Waals surface area contributed by atoms with E-state index in [2.05, 4.69) is 5.32 Å². The SMILES string of the molecule is O=C(O)C1C2CCC(C2)C1NCC1CCCCCC1. The number of fused-ring (bicyclic) bond motifs is 2. The van der Waals surface area contributed by atoms with Crippen LogP contribution in [-0.4, -0.2) is 23.7 Å². The van der Waals surface area contributed by atoms with Crippen LogP contribution in [0.25, 0.3) is 0 Å². The van der Waals surface area contributed by atoms with E-state index < -0.39 is 5.97 Å². The van der Waals surface area contributed by atoms with Crippen LogP contribution < -0.4 is 5.32 Å². The van der Waals surface area contributed by atoms with Gasteiger partial charge in [-0.25, -0.2) is 0 Å². The van der Waals surface area contributed by atoms with Crippen molar-refractivity contribution in [1.29, 1.82) is 0 Å². The largest absolute Gasteiger partial charge is 0.481 e. The summed E-state index contributed by atoms with van der Waals surface area (Å²) in [4.78, 5) is 11.5. The highest BCUT2D eigenvalue weighted by Crippen LogP contribution is 2.48. The molecule has 3 fully saturated rings. The molecule has 0 aromatic carbocycles. The maximum Gasteiger partial charge on any atom is 0.308 e. The van der Waals surface area contributed by atoms with Crippen LogP contribution in [0.3, 0.4) is 0 Å². The molecular weight excluding hydrogens is 238 g/mol. The highest BCUT2D eigenvalue weighted by molar-refractivity contribution is 5.72. The number of carboxylic acid groups (broad SMARTS) is 1. The van der Waals surface area contributed by atoms with Gasteiger partial charge >= 0.3 is 5.97 Å². The van der Waals surface area contributed by atoms with E-state index in [1.165, 1.54) is 44.9 Å². The Bertz CT molecular complexity index is 323. The Morgan fingerprint density at radius 2 is 1.68 bits per heavy atom. The van der Waals surface area contributed by atoms with Gasteiger partial charge in [-0.3, -0.25) is 4.79 Å². The molecule has 3 nitrogen and oxygen atoms in total. The van der Waals surface area contributed by atoms with E-state index in [1.54, 1.807) is 0 Å². The number of nitrogens with one attached hydrogen (secondary N) is 1. The van der Waals surface area contributed by atoms with Gasteiger partial charge in [0.15, 0.2) is 0 Å². The summed E-state index contributed by atoms with van der Waals surface area (Å²) in [5.41, 5.74) is 0. The zero-order valence-corrected chi connectivity index (χ0v) is 11.8. The first-order valence-electron chi connectivity index (χ1n) is 8.22. The topological polar surface area (TPSA) is 49.3 Å². The lowest BCUT2D eigenvalue weighted by molar-refractivity contribution is -0.144. The lowest BCUT2D eigenvalue weighted by atomic mass is 9.84. The third kappa shape index (κ3) is 2.81. The molecule has 0 heterocycles. The molecule has 0 radical (unpaired) electrons. The summed E-state index contributed by atoms with van der Waals surface area (Å²) >= 11 is 0. The molecule has 108 valence electrons. The molecule has 19 heavy (non-hydrogen) atoms. The van der Waals surface area contributed by atoms with Gasteiger partial charge < -0.3 is 10.4 Å². The predicted octanol–water partition coefficient (Wildman–Crippen LogP) is 3.05. The standard InChI is InChI=1S/C16H27NO2/c18-16(19)14-12-7-8-13(9-12)15(14)17-10-11-5-3-1-2-4-6-11/h11-15,17H,1-10H2,(H,18,19). The Morgan fingerprint density at radius 1 is 1.00 bits per heavy atom. The van der Waals surface area contributed by atoms with Gasteiger partial charge in [0.1, 0.15) is 0 Å². The Hall–Kier alpha value is -0.570. The molecule has 3 aliphatic carbocycles. The summed E-state index contributed by atoms with van der Waals surface area (Å²) in [5, 5.41) is 13.1. The van der Waals surface area contributed by atoms with E-state index in [1.807, 2.05) is 0 Å². The fourth-order valence-corrected chi connectivity index (χ4v) is 4.81. The molecule has 0 aromatic heterocycles. The Morgan fingerprint density at radius 3 is 2.37 bits per heavy atom. The number of carbonyl (C=O) groups is 1. The molecule has 2 N–H and O–H groups in total. The second-order valence-electron chi connectivity index (χ2n) is 6.99. The second kappa shape index (κ2) is 5.82. The molecular formula is C16H27NO2. The number of hydrogen-bond donors (Lipinski definition) is 2. The molecule has 3 rings (SSSR count). The molecule has 3 aliphatic rings. The van der Waals surface area contributed by atoms with Crippen molar-refractivity contribution in [2.75, 3.05) is 6.54 Å². The summed E-state index contributed by atoms with van der Waals surface area (Å²) in [6.07, 6.45) is 11.7. The lowest BCUT2D eigenvalue weighted by Crippen LogP contribution is -2.45. The van der Waals surface area contributed by atoms with Gasteiger partial charge in [-0.2, -0.15) is 0 Å². The minimum absolute atomic E-state index is 0.107. The van der Waals surface area contributed by atoms with Crippen LogP contribution >= 0.6 is 0 Å². The zero-order chi connectivity index (χ0) is 13.2.